The van der Waals surface area contributed by atoms with E-state index >= 15 is 0 Å². The molecule has 3 unspecified atom stereocenters. The van der Waals surface area contributed by atoms with E-state index in [1.165, 1.54) is 257 Å². The molecular formula is C65H127N2O6P. The van der Waals surface area contributed by atoms with Crippen molar-refractivity contribution in [2.24, 2.45) is 0 Å². The highest BCUT2D eigenvalue weighted by Crippen LogP contribution is 2.38. The van der Waals surface area contributed by atoms with Gasteiger partial charge in [-0.2, -0.15) is 0 Å². The number of aliphatic hydroxyl groups excluding tert-OH is 1. The second kappa shape index (κ2) is 56.4. The van der Waals surface area contributed by atoms with Crippen molar-refractivity contribution in [1.82, 2.24) is 5.32 Å². The lowest BCUT2D eigenvalue weighted by Crippen LogP contribution is -2.45. The van der Waals surface area contributed by atoms with Crippen LogP contribution in [0, 0.1) is 0 Å². The van der Waals surface area contributed by atoms with Gasteiger partial charge in [-0.25, -0.2) is 0 Å². The third-order valence-electron chi connectivity index (χ3n) is 14.8. The number of nitrogens with one attached hydrogen (secondary N) is 1. The molecule has 0 saturated carbocycles. The molecular weight excluding hydrogens is 936 g/mol. The number of hydrogen-bond donors (Lipinski definition) is 2. The normalized spacial score (nSPS) is 14.0. The highest BCUT2D eigenvalue weighted by atomic mass is 31.2. The van der Waals surface area contributed by atoms with Crippen molar-refractivity contribution in [1.29, 1.82) is 0 Å². The van der Waals surface area contributed by atoms with Gasteiger partial charge in [0.25, 0.3) is 7.82 Å². The quantitative estimate of drug-likeness (QED) is 0.0272. The lowest BCUT2D eigenvalue weighted by molar-refractivity contribution is -0.870. The molecule has 0 aliphatic heterocycles. The summed E-state index contributed by atoms with van der Waals surface area (Å²) in [5.74, 6) is -0.191. The Bertz CT molecular complexity index is 1300. The minimum absolute atomic E-state index is 0.00108. The molecule has 0 fully saturated rings. The molecule has 0 bridgehead atoms. The van der Waals surface area contributed by atoms with Crippen molar-refractivity contribution >= 4 is 13.7 Å². The second-order valence-electron chi connectivity index (χ2n) is 23.5. The van der Waals surface area contributed by atoms with Crippen molar-refractivity contribution < 1.29 is 32.9 Å². The third kappa shape index (κ3) is 58.4. The maximum absolute atomic E-state index is 13.0. The van der Waals surface area contributed by atoms with E-state index in [2.05, 4.69) is 43.5 Å². The molecule has 3 atom stereocenters. The maximum Gasteiger partial charge on any atom is 0.268 e. The third-order valence-corrected chi connectivity index (χ3v) is 15.8. The largest absolute Gasteiger partial charge is 0.756 e. The number of phosphoric acid groups is 1. The number of carbonyl (C=O) groups is 1. The fourth-order valence-corrected chi connectivity index (χ4v) is 10.5. The van der Waals surface area contributed by atoms with Crippen molar-refractivity contribution in [2.45, 2.75) is 334 Å². The first-order valence-corrected chi connectivity index (χ1v) is 33.8. The zero-order valence-corrected chi connectivity index (χ0v) is 51.0. The average Bonchev–Trinajstić information content (AvgIpc) is 3.36. The van der Waals surface area contributed by atoms with Crippen LogP contribution in [0.2, 0.25) is 0 Å². The predicted molar refractivity (Wildman–Crippen MR) is 321 cm³/mol. The number of phosphoric ester groups is 1. The van der Waals surface area contributed by atoms with Gasteiger partial charge in [0.15, 0.2) is 0 Å². The van der Waals surface area contributed by atoms with E-state index in [1.54, 1.807) is 6.08 Å². The number of aliphatic hydroxyl groups is 1. The van der Waals surface area contributed by atoms with Crippen LogP contribution in [-0.4, -0.2) is 68.5 Å². The van der Waals surface area contributed by atoms with Gasteiger partial charge in [0, 0.05) is 6.42 Å². The number of allylic oxidation sites excluding steroid dienone is 5. The predicted octanol–water partition coefficient (Wildman–Crippen LogP) is 19.5. The molecule has 0 aliphatic carbocycles. The van der Waals surface area contributed by atoms with E-state index in [9.17, 15) is 19.4 Å². The first kappa shape index (κ1) is 72.7. The lowest BCUT2D eigenvalue weighted by Gasteiger charge is -2.29. The SMILES string of the molecule is CCCCCCC/C=C\C/C=C\CCCCCCCCCCCCCCCCCCCCCCCC(=O)NC(COP(=O)([O-])OCC[N+](C)(C)C)C(O)/C=C/CCCCCCCCCCCCCCCCCCC. The van der Waals surface area contributed by atoms with Crippen molar-refractivity contribution in [2.75, 3.05) is 40.9 Å². The van der Waals surface area contributed by atoms with Crippen molar-refractivity contribution in [3.8, 4) is 0 Å². The van der Waals surface area contributed by atoms with Gasteiger partial charge >= 0.3 is 0 Å². The topological polar surface area (TPSA) is 108 Å². The lowest BCUT2D eigenvalue weighted by atomic mass is 10.0. The first-order chi connectivity index (χ1) is 36.0. The average molecular weight is 1060 g/mol. The molecule has 0 spiro atoms. The van der Waals surface area contributed by atoms with Gasteiger partial charge in [-0.1, -0.05) is 301 Å². The van der Waals surface area contributed by atoms with Gasteiger partial charge in [-0.3, -0.25) is 9.36 Å². The summed E-state index contributed by atoms with van der Waals surface area (Å²) in [6, 6.07) is -0.885. The molecule has 0 rings (SSSR count). The van der Waals surface area contributed by atoms with Crippen LogP contribution in [0.4, 0.5) is 0 Å². The van der Waals surface area contributed by atoms with Gasteiger partial charge < -0.3 is 28.8 Å². The van der Waals surface area contributed by atoms with Gasteiger partial charge in [0.1, 0.15) is 13.2 Å². The Morgan fingerprint density at radius 2 is 0.784 bits per heavy atom. The van der Waals surface area contributed by atoms with E-state index in [4.69, 9.17) is 9.05 Å². The number of quaternary nitrogens is 1. The summed E-state index contributed by atoms with van der Waals surface area (Å²) in [6.45, 7) is 4.68. The number of likely N-dealkylation sites (N-methyl/N-ethyl adjacent to an activating group) is 1. The minimum atomic E-state index is -4.60. The Hall–Kier alpha value is -1.28. The summed E-state index contributed by atoms with van der Waals surface area (Å²) < 4.78 is 23.4. The smallest absolute Gasteiger partial charge is 0.268 e. The summed E-state index contributed by atoms with van der Waals surface area (Å²) in [4.78, 5) is 25.6. The van der Waals surface area contributed by atoms with E-state index in [0.29, 0.717) is 17.4 Å². The summed E-state index contributed by atoms with van der Waals surface area (Å²) in [5, 5.41) is 13.9. The highest BCUT2D eigenvalue weighted by molar-refractivity contribution is 7.45. The second-order valence-corrected chi connectivity index (χ2v) is 24.9. The van der Waals surface area contributed by atoms with E-state index in [0.717, 1.165) is 44.9 Å². The molecule has 0 aromatic heterocycles. The van der Waals surface area contributed by atoms with Gasteiger partial charge in [-0.15, -0.1) is 0 Å². The van der Waals surface area contributed by atoms with Gasteiger partial charge in [0.2, 0.25) is 5.91 Å². The molecule has 2 N–H and O–H groups in total. The molecule has 0 radical (unpaired) electrons. The molecule has 0 aromatic carbocycles. The standard InChI is InChI=1S/C65H127N2O6P/c1-6-8-10-12-14-16-18-20-22-24-26-27-28-29-30-31-32-33-34-35-36-37-38-39-41-43-45-47-49-51-53-55-57-59-65(69)66-63(62-73-74(70,71)72-61-60-67(3,4)5)64(68)58-56-54-52-50-48-46-44-42-40-25-23-21-19-17-15-13-11-9-7-2/h18,20,24,26,56,58,63-64,68H,6-17,19,21-23,25,27-55,57,59-62H2,1-5H3,(H-,66,69,70,71)/b20-18-,26-24-,58-56+. The van der Waals surface area contributed by atoms with Crippen LogP contribution < -0.4 is 10.2 Å². The number of nitrogens with zero attached hydrogens (tertiary/aromatic N) is 1. The Morgan fingerprint density at radius 3 is 1.12 bits per heavy atom. The number of unbranched alkanes of at least 4 members (excludes halogenated alkanes) is 43. The van der Waals surface area contributed by atoms with Crippen LogP contribution in [0.5, 0.6) is 0 Å². The Labute approximate surface area is 461 Å². The van der Waals surface area contributed by atoms with E-state index in [-0.39, 0.29) is 19.1 Å². The fraction of sp³-hybridized carbons (Fsp3) is 0.892. The Morgan fingerprint density at radius 1 is 0.473 bits per heavy atom. The minimum Gasteiger partial charge on any atom is -0.756 e. The number of carbonyl (C=O) groups excluding carboxylic acids is 1. The van der Waals surface area contributed by atoms with Crippen LogP contribution in [0.3, 0.4) is 0 Å². The summed E-state index contributed by atoms with van der Waals surface area (Å²) >= 11 is 0. The van der Waals surface area contributed by atoms with Crippen LogP contribution in [0.15, 0.2) is 36.5 Å². The molecule has 9 heteroatoms. The van der Waals surface area contributed by atoms with Crippen molar-refractivity contribution in [3.05, 3.63) is 36.5 Å². The number of amides is 1. The fourth-order valence-electron chi connectivity index (χ4n) is 9.78. The molecule has 0 heterocycles. The summed E-state index contributed by atoms with van der Waals surface area (Å²) in [5.41, 5.74) is 0. The van der Waals surface area contributed by atoms with Crippen molar-refractivity contribution in [3.63, 3.8) is 0 Å². The van der Waals surface area contributed by atoms with Crippen LogP contribution in [0.1, 0.15) is 322 Å². The number of rotatable bonds is 60. The Balaban J connectivity index is 4.03. The summed E-state index contributed by atoms with van der Waals surface area (Å²) in [6.07, 6.45) is 73.9. The molecule has 1 amide bonds. The Kier molecular flexibility index (Phi) is 55.5. The zero-order valence-electron chi connectivity index (χ0n) is 50.1. The molecule has 0 aromatic rings. The highest BCUT2D eigenvalue weighted by Gasteiger charge is 2.23. The van der Waals surface area contributed by atoms with Crippen LogP contribution in [-0.2, 0) is 18.4 Å². The maximum atomic E-state index is 13.0. The van der Waals surface area contributed by atoms with E-state index < -0.39 is 20.0 Å². The van der Waals surface area contributed by atoms with E-state index in [1.807, 2.05) is 27.2 Å². The molecule has 74 heavy (non-hydrogen) atoms. The van der Waals surface area contributed by atoms with Gasteiger partial charge in [-0.05, 0) is 51.4 Å². The molecule has 0 saturated heterocycles. The monoisotopic (exact) mass is 1060 g/mol. The van der Waals surface area contributed by atoms with Crippen LogP contribution >= 0.6 is 7.82 Å². The molecule has 0 aliphatic rings. The van der Waals surface area contributed by atoms with Gasteiger partial charge in [0.05, 0.1) is 39.9 Å². The molecule has 8 nitrogen and oxygen atoms in total. The zero-order chi connectivity index (χ0) is 54.2. The van der Waals surface area contributed by atoms with Crippen LogP contribution in [0.25, 0.3) is 0 Å². The summed E-state index contributed by atoms with van der Waals surface area (Å²) in [7, 11) is 1.28. The first-order valence-electron chi connectivity index (χ1n) is 32.4. The molecule has 438 valence electrons. The number of hydrogen-bond acceptors (Lipinski definition) is 6.